The summed E-state index contributed by atoms with van der Waals surface area (Å²) >= 11 is 0. The molecule has 0 spiro atoms. The lowest BCUT2D eigenvalue weighted by Crippen LogP contribution is -2.52. The van der Waals surface area contributed by atoms with Crippen molar-refractivity contribution in [3.05, 3.63) is 34.4 Å². The maximum absolute atomic E-state index is 12.0. The highest BCUT2D eigenvalue weighted by molar-refractivity contribution is 5.83. The molecule has 0 radical (unpaired) electrons. The van der Waals surface area contributed by atoms with E-state index in [1.54, 1.807) is 6.07 Å². The van der Waals surface area contributed by atoms with Crippen LogP contribution >= 0.6 is 0 Å². The lowest BCUT2D eigenvalue weighted by Gasteiger charge is -2.27. The van der Waals surface area contributed by atoms with Gasteiger partial charge in [-0.2, -0.15) is 0 Å². The van der Waals surface area contributed by atoms with Crippen LogP contribution < -0.4 is 10.6 Å². The van der Waals surface area contributed by atoms with Gasteiger partial charge in [-0.3, -0.25) is 19.7 Å². The molecule has 0 saturated carbocycles. The van der Waals surface area contributed by atoms with Crippen LogP contribution in [0.5, 0.6) is 0 Å². The quantitative estimate of drug-likeness (QED) is 0.498. The molecule has 2 rings (SSSR count). The predicted octanol–water partition coefficient (Wildman–Crippen LogP) is 0.757. The van der Waals surface area contributed by atoms with Crippen LogP contribution in [0.3, 0.4) is 0 Å². The zero-order chi connectivity index (χ0) is 16.9. The average Bonchev–Trinajstić information content (AvgIpc) is 2.92. The second kappa shape index (κ2) is 7.05. The number of hydrogen-bond acceptors (Lipinski definition) is 6. The third kappa shape index (κ3) is 4.39. The summed E-state index contributed by atoms with van der Waals surface area (Å²) in [6, 6.07) is 5.97. The number of rotatable bonds is 7. The summed E-state index contributed by atoms with van der Waals surface area (Å²) < 4.78 is 5.19. The van der Waals surface area contributed by atoms with Crippen LogP contribution in [0.25, 0.3) is 0 Å². The van der Waals surface area contributed by atoms with Crippen LogP contribution in [0, 0.1) is 10.1 Å². The summed E-state index contributed by atoms with van der Waals surface area (Å²) in [5.41, 5.74) is -0.833. The number of carbonyl (C=O) groups excluding carboxylic acids is 1. The highest BCUT2D eigenvalue weighted by Crippen LogP contribution is 2.24. The van der Waals surface area contributed by atoms with Crippen LogP contribution in [0.1, 0.15) is 12.8 Å². The number of anilines is 1. The van der Waals surface area contributed by atoms with Gasteiger partial charge in [-0.05, 0) is 12.5 Å². The van der Waals surface area contributed by atoms with Gasteiger partial charge in [0.1, 0.15) is 5.69 Å². The molecular formula is C14H17N3O6. The second-order valence-corrected chi connectivity index (χ2v) is 5.33. The van der Waals surface area contributed by atoms with Crippen molar-refractivity contribution in [3.8, 4) is 0 Å². The fraction of sp³-hybridized carbons (Fsp3) is 0.429. The topological polar surface area (TPSA) is 131 Å². The Morgan fingerprint density at radius 1 is 1.39 bits per heavy atom. The van der Waals surface area contributed by atoms with Crippen molar-refractivity contribution in [2.75, 3.05) is 25.1 Å². The smallest absolute Gasteiger partial charge is 0.305 e. The van der Waals surface area contributed by atoms with Crippen LogP contribution in [-0.4, -0.2) is 47.2 Å². The van der Waals surface area contributed by atoms with Crippen LogP contribution in [0.4, 0.5) is 11.4 Å². The van der Waals surface area contributed by atoms with Gasteiger partial charge < -0.3 is 20.5 Å². The number of amides is 1. The summed E-state index contributed by atoms with van der Waals surface area (Å²) in [5.74, 6) is -1.47. The molecule has 1 heterocycles. The van der Waals surface area contributed by atoms with E-state index < -0.39 is 22.3 Å². The van der Waals surface area contributed by atoms with Crippen molar-refractivity contribution in [2.45, 2.75) is 18.4 Å². The number of nitro groups is 1. The third-order valence-electron chi connectivity index (χ3n) is 3.54. The maximum atomic E-state index is 12.0. The Balaban J connectivity index is 1.97. The number of carbonyl (C=O) groups is 2. The first-order chi connectivity index (χ1) is 10.9. The minimum absolute atomic E-state index is 0.134. The number of benzene rings is 1. The van der Waals surface area contributed by atoms with Crippen molar-refractivity contribution in [1.29, 1.82) is 0 Å². The highest BCUT2D eigenvalue weighted by atomic mass is 16.6. The van der Waals surface area contributed by atoms with Gasteiger partial charge in [-0.15, -0.1) is 0 Å². The second-order valence-electron chi connectivity index (χ2n) is 5.33. The normalized spacial score (nSPS) is 20.0. The molecule has 1 aliphatic rings. The number of para-hydroxylation sites is 2. The summed E-state index contributed by atoms with van der Waals surface area (Å²) in [7, 11) is 0. The lowest BCUT2D eigenvalue weighted by molar-refractivity contribution is -0.383. The Bertz CT molecular complexity index is 612. The molecular weight excluding hydrogens is 306 g/mol. The minimum atomic E-state index is -1.03. The molecule has 23 heavy (non-hydrogen) atoms. The van der Waals surface area contributed by atoms with Gasteiger partial charge in [0.05, 0.1) is 30.0 Å². The fourth-order valence-electron chi connectivity index (χ4n) is 2.48. The van der Waals surface area contributed by atoms with Crippen LogP contribution in [0.15, 0.2) is 24.3 Å². The molecule has 3 N–H and O–H groups in total. The number of ether oxygens (including phenoxy) is 1. The Morgan fingerprint density at radius 2 is 2.13 bits per heavy atom. The Kier molecular flexibility index (Phi) is 5.12. The Hall–Kier alpha value is -2.68. The zero-order valence-corrected chi connectivity index (χ0v) is 12.3. The van der Waals surface area contributed by atoms with E-state index in [4.69, 9.17) is 9.84 Å². The van der Waals surface area contributed by atoms with E-state index in [1.807, 2.05) is 0 Å². The van der Waals surface area contributed by atoms with E-state index in [1.165, 1.54) is 18.2 Å². The predicted molar refractivity (Wildman–Crippen MR) is 80.1 cm³/mol. The summed E-state index contributed by atoms with van der Waals surface area (Å²) in [6.07, 6.45) is 0.181. The number of nitrogens with zero attached hydrogens (tertiary/aromatic N) is 1. The van der Waals surface area contributed by atoms with Gasteiger partial charge in [-0.25, -0.2) is 0 Å². The summed E-state index contributed by atoms with van der Waals surface area (Å²) in [4.78, 5) is 33.3. The number of carboxylic acid groups (broad SMARTS) is 1. The zero-order valence-electron chi connectivity index (χ0n) is 12.3. The molecule has 0 bridgehead atoms. The maximum Gasteiger partial charge on any atom is 0.305 e. The van der Waals surface area contributed by atoms with Crippen LogP contribution in [-0.2, 0) is 14.3 Å². The van der Waals surface area contributed by atoms with Gasteiger partial charge in [0, 0.05) is 12.7 Å². The largest absolute Gasteiger partial charge is 0.481 e. The molecule has 1 atom stereocenters. The molecule has 1 saturated heterocycles. The highest BCUT2D eigenvalue weighted by Gasteiger charge is 2.38. The summed E-state index contributed by atoms with van der Waals surface area (Å²) in [6.45, 7) is 0.313. The van der Waals surface area contributed by atoms with Crippen molar-refractivity contribution >= 4 is 23.3 Å². The van der Waals surface area contributed by atoms with E-state index in [9.17, 15) is 19.7 Å². The van der Waals surface area contributed by atoms with Gasteiger partial charge >= 0.3 is 5.97 Å². The van der Waals surface area contributed by atoms with Gasteiger partial charge in [0.2, 0.25) is 5.91 Å². The summed E-state index contributed by atoms with van der Waals surface area (Å²) in [5, 5.41) is 25.2. The van der Waals surface area contributed by atoms with Crippen molar-refractivity contribution < 1.29 is 24.4 Å². The van der Waals surface area contributed by atoms with Crippen molar-refractivity contribution in [2.24, 2.45) is 0 Å². The minimum Gasteiger partial charge on any atom is -0.481 e. The van der Waals surface area contributed by atoms with E-state index in [0.717, 1.165) is 0 Å². The number of aliphatic carboxylic acids is 1. The molecule has 1 aliphatic heterocycles. The molecule has 9 heteroatoms. The molecule has 1 amide bonds. The lowest BCUT2D eigenvalue weighted by atomic mass is 9.94. The number of hydrogen-bond donors (Lipinski definition) is 3. The molecule has 1 aromatic carbocycles. The van der Waals surface area contributed by atoms with E-state index in [2.05, 4.69) is 10.6 Å². The van der Waals surface area contributed by atoms with E-state index in [-0.39, 0.29) is 30.9 Å². The van der Waals surface area contributed by atoms with Crippen molar-refractivity contribution in [1.82, 2.24) is 5.32 Å². The van der Waals surface area contributed by atoms with Crippen molar-refractivity contribution in [3.63, 3.8) is 0 Å². The number of carboxylic acids is 1. The standard InChI is InChI=1S/C14H17N3O6/c18-12(16-14(7-13(19)20)5-6-23-9-14)8-15-10-3-1-2-4-11(10)17(21)22/h1-4,15H,5-9H2,(H,16,18)(H,19,20). The molecule has 1 fully saturated rings. The van der Waals surface area contributed by atoms with E-state index in [0.29, 0.717) is 13.0 Å². The van der Waals surface area contributed by atoms with Crippen LogP contribution in [0.2, 0.25) is 0 Å². The van der Waals surface area contributed by atoms with Gasteiger partial charge in [0.15, 0.2) is 0 Å². The molecule has 1 unspecified atom stereocenters. The molecule has 9 nitrogen and oxygen atoms in total. The first-order valence-corrected chi connectivity index (χ1v) is 7.00. The molecule has 0 aromatic heterocycles. The first kappa shape index (κ1) is 16.7. The first-order valence-electron chi connectivity index (χ1n) is 7.00. The number of nitrogens with one attached hydrogen (secondary N) is 2. The SMILES string of the molecule is O=C(O)CC1(NC(=O)CNc2ccccc2[N+](=O)[O-])CCOC1. The molecule has 124 valence electrons. The Labute approximate surface area is 131 Å². The Morgan fingerprint density at radius 3 is 2.74 bits per heavy atom. The third-order valence-corrected chi connectivity index (χ3v) is 3.54. The fourth-order valence-corrected chi connectivity index (χ4v) is 2.48. The number of nitro benzene ring substituents is 1. The van der Waals surface area contributed by atoms with E-state index >= 15 is 0 Å². The molecule has 0 aliphatic carbocycles. The average molecular weight is 323 g/mol. The van der Waals surface area contributed by atoms with Gasteiger partial charge in [0.25, 0.3) is 5.69 Å². The van der Waals surface area contributed by atoms with Gasteiger partial charge in [-0.1, -0.05) is 12.1 Å². The monoisotopic (exact) mass is 323 g/mol. The molecule has 1 aromatic rings.